The average Bonchev–Trinajstić information content (AvgIpc) is 3.11. The fraction of sp³-hybridized carbons (Fsp3) is 0.333. The Morgan fingerprint density at radius 3 is 2.95 bits per heavy atom. The second kappa shape index (κ2) is 5.09. The molecule has 1 aromatic heterocycles. The van der Waals surface area contributed by atoms with Gasteiger partial charge >= 0.3 is 0 Å². The SMILES string of the molecule is Cc1ccc(-n2cc(C(N)=O)cn2)c(CNC2CC2)c1. The van der Waals surface area contributed by atoms with Crippen LogP contribution in [0, 0.1) is 6.92 Å². The number of hydrogen-bond acceptors (Lipinski definition) is 3. The summed E-state index contributed by atoms with van der Waals surface area (Å²) in [6.45, 7) is 2.88. The van der Waals surface area contributed by atoms with E-state index in [2.05, 4.69) is 23.4 Å². The van der Waals surface area contributed by atoms with Crippen LogP contribution in [0.15, 0.2) is 30.6 Å². The molecule has 1 amide bonds. The van der Waals surface area contributed by atoms with Crippen LogP contribution in [-0.2, 0) is 6.54 Å². The monoisotopic (exact) mass is 270 g/mol. The van der Waals surface area contributed by atoms with Crippen LogP contribution in [0.25, 0.3) is 5.69 Å². The number of nitrogens with one attached hydrogen (secondary N) is 1. The van der Waals surface area contributed by atoms with Crippen LogP contribution >= 0.6 is 0 Å². The lowest BCUT2D eigenvalue weighted by Crippen LogP contribution is -2.17. The number of nitrogens with two attached hydrogens (primary N) is 1. The zero-order valence-corrected chi connectivity index (χ0v) is 11.5. The number of aromatic nitrogens is 2. The highest BCUT2D eigenvalue weighted by Crippen LogP contribution is 2.21. The fourth-order valence-corrected chi connectivity index (χ4v) is 2.20. The van der Waals surface area contributed by atoms with Gasteiger partial charge in [-0.15, -0.1) is 0 Å². The molecule has 1 fully saturated rings. The van der Waals surface area contributed by atoms with E-state index in [1.54, 1.807) is 10.9 Å². The van der Waals surface area contributed by atoms with E-state index in [0.29, 0.717) is 11.6 Å². The number of hydrogen-bond donors (Lipinski definition) is 2. The quantitative estimate of drug-likeness (QED) is 0.865. The zero-order chi connectivity index (χ0) is 14.1. The minimum Gasteiger partial charge on any atom is -0.366 e. The average molecular weight is 270 g/mol. The molecule has 0 radical (unpaired) electrons. The summed E-state index contributed by atoms with van der Waals surface area (Å²) in [4.78, 5) is 11.2. The van der Waals surface area contributed by atoms with E-state index in [1.807, 2.05) is 12.1 Å². The fourth-order valence-electron chi connectivity index (χ4n) is 2.20. The Morgan fingerprint density at radius 1 is 1.50 bits per heavy atom. The van der Waals surface area contributed by atoms with Gasteiger partial charge < -0.3 is 11.1 Å². The summed E-state index contributed by atoms with van der Waals surface area (Å²) >= 11 is 0. The molecule has 3 N–H and O–H groups in total. The maximum Gasteiger partial charge on any atom is 0.251 e. The third-order valence-corrected chi connectivity index (χ3v) is 3.51. The van der Waals surface area contributed by atoms with Gasteiger partial charge in [-0.1, -0.05) is 17.7 Å². The molecular weight excluding hydrogens is 252 g/mol. The molecule has 5 heteroatoms. The first-order chi connectivity index (χ1) is 9.63. The number of benzene rings is 1. The minimum absolute atomic E-state index is 0.423. The molecule has 0 saturated heterocycles. The molecule has 1 aliphatic carbocycles. The molecule has 0 bridgehead atoms. The van der Waals surface area contributed by atoms with Crippen LogP contribution in [0.3, 0.4) is 0 Å². The van der Waals surface area contributed by atoms with Crippen LogP contribution < -0.4 is 11.1 Å². The molecule has 1 aromatic carbocycles. The van der Waals surface area contributed by atoms with Crippen molar-refractivity contribution in [3.63, 3.8) is 0 Å². The zero-order valence-electron chi connectivity index (χ0n) is 11.5. The van der Waals surface area contributed by atoms with Crippen molar-refractivity contribution in [3.8, 4) is 5.69 Å². The number of rotatable bonds is 5. The summed E-state index contributed by atoms with van der Waals surface area (Å²) in [6, 6.07) is 6.87. The Balaban J connectivity index is 1.91. The van der Waals surface area contributed by atoms with Gasteiger partial charge in [-0.3, -0.25) is 4.79 Å². The maximum atomic E-state index is 11.2. The van der Waals surface area contributed by atoms with Crippen LogP contribution in [0.2, 0.25) is 0 Å². The van der Waals surface area contributed by atoms with Gasteiger partial charge in [0.1, 0.15) is 0 Å². The number of carbonyl (C=O) groups excluding carboxylic acids is 1. The van der Waals surface area contributed by atoms with Crippen molar-refractivity contribution in [3.05, 3.63) is 47.3 Å². The van der Waals surface area contributed by atoms with Crippen molar-refractivity contribution in [1.29, 1.82) is 0 Å². The summed E-state index contributed by atoms with van der Waals surface area (Å²) in [5, 5.41) is 7.74. The second-order valence-electron chi connectivity index (χ2n) is 5.33. The van der Waals surface area contributed by atoms with Gasteiger partial charge in [0.05, 0.1) is 17.4 Å². The Morgan fingerprint density at radius 2 is 2.30 bits per heavy atom. The van der Waals surface area contributed by atoms with Crippen molar-refractivity contribution in [2.45, 2.75) is 32.4 Å². The summed E-state index contributed by atoms with van der Waals surface area (Å²) in [6.07, 6.45) is 5.69. The maximum absolute atomic E-state index is 11.2. The van der Waals surface area contributed by atoms with Gasteiger partial charge in [0, 0.05) is 18.8 Å². The van der Waals surface area contributed by atoms with E-state index >= 15 is 0 Å². The van der Waals surface area contributed by atoms with Crippen molar-refractivity contribution in [2.24, 2.45) is 5.73 Å². The Hall–Kier alpha value is -2.14. The molecule has 1 heterocycles. The Bertz CT molecular complexity index is 643. The highest BCUT2D eigenvalue weighted by atomic mass is 16.1. The first-order valence-electron chi connectivity index (χ1n) is 6.81. The van der Waals surface area contributed by atoms with Gasteiger partial charge in [-0.2, -0.15) is 5.10 Å². The molecule has 3 rings (SSSR count). The second-order valence-corrected chi connectivity index (χ2v) is 5.33. The first-order valence-corrected chi connectivity index (χ1v) is 6.81. The van der Waals surface area contributed by atoms with Crippen molar-refractivity contribution >= 4 is 5.91 Å². The van der Waals surface area contributed by atoms with Crippen LogP contribution in [0.4, 0.5) is 0 Å². The topological polar surface area (TPSA) is 72.9 Å². The molecule has 2 aromatic rings. The highest BCUT2D eigenvalue weighted by molar-refractivity contribution is 5.92. The number of amides is 1. The van der Waals surface area contributed by atoms with Crippen molar-refractivity contribution in [1.82, 2.24) is 15.1 Å². The van der Waals surface area contributed by atoms with Crippen LogP contribution in [0.5, 0.6) is 0 Å². The molecule has 0 spiro atoms. The van der Waals surface area contributed by atoms with E-state index in [1.165, 1.54) is 30.2 Å². The predicted molar refractivity (Wildman–Crippen MR) is 76.7 cm³/mol. The smallest absolute Gasteiger partial charge is 0.251 e. The largest absolute Gasteiger partial charge is 0.366 e. The van der Waals surface area contributed by atoms with E-state index in [9.17, 15) is 4.79 Å². The minimum atomic E-state index is -0.457. The molecule has 104 valence electrons. The lowest BCUT2D eigenvalue weighted by atomic mass is 10.1. The molecule has 1 aliphatic rings. The van der Waals surface area contributed by atoms with E-state index in [0.717, 1.165) is 12.2 Å². The van der Waals surface area contributed by atoms with Gasteiger partial charge in [0.15, 0.2) is 0 Å². The Labute approximate surface area is 117 Å². The van der Waals surface area contributed by atoms with E-state index in [4.69, 9.17) is 5.73 Å². The lowest BCUT2D eigenvalue weighted by Gasteiger charge is -2.11. The van der Waals surface area contributed by atoms with Gasteiger partial charge in [-0.25, -0.2) is 4.68 Å². The van der Waals surface area contributed by atoms with Crippen LogP contribution in [-0.4, -0.2) is 21.7 Å². The van der Waals surface area contributed by atoms with Crippen molar-refractivity contribution < 1.29 is 4.79 Å². The lowest BCUT2D eigenvalue weighted by molar-refractivity contribution is 0.100. The summed E-state index contributed by atoms with van der Waals surface area (Å²) in [5.74, 6) is -0.457. The molecule has 1 saturated carbocycles. The third kappa shape index (κ3) is 2.72. The summed E-state index contributed by atoms with van der Waals surface area (Å²) in [5.41, 5.74) is 9.06. The molecule has 0 atom stereocenters. The van der Waals surface area contributed by atoms with Gasteiger partial charge in [0.2, 0.25) is 0 Å². The van der Waals surface area contributed by atoms with E-state index in [-0.39, 0.29) is 0 Å². The van der Waals surface area contributed by atoms with Crippen LogP contribution in [0.1, 0.15) is 34.3 Å². The number of carbonyl (C=O) groups is 1. The standard InChI is InChI=1S/C15H18N4O/c1-10-2-5-14(11(6-10)7-17-13-3-4-13)19-9-12(8-18-19)15(16)20/h2,5-6,8-9,13,17H,3-4,7H2,1H3,(H2,16,20). The number of aryl methyl sites for hydroxylation is 1. The first kappa shape index (κ1) is 12.9. The molecular formula is C15H18N4O. The van der Waals surface area contributed by atoms with Gasteiger partial charge in [0.25, 0.3) is 5.91 Å². The van der Waals surface area contributed by atoms with Crippen molar-refractivity contribution in [2.75, 3.05) is 0 Å². The summed E-state index contributed by atoms with van der Waals surface area (Å²) in [7, 11) is 0. The highest BCUT2D eigenvalue weighted by Gasteiger charge is 2.20. The van der Waals surface area contributed by atoms with E-state index < -0.39 is 5.91 Å². The normalized spacial score (nSPS) is 14.4. The molecule has 20 heavy (non-hydrogen) atoms. The number of nitrogens with zero attached hydrogens (tertiary/aromatic N) is 2. The van der Waals surface area contributed by atoms with Gasteiger partial charge in [-0.05, 0) is 31.4 Å². The molecule has 0 unspecified atom stereocenters. The number of primary amides is 1. The third-order valence-electron chi connectivity index (χ3n) is 3.51. The summed E-state index contributed by atoms with van der Waals surface area (Å²) < 4.78 is 1.71. The molecule has 5 nitrogen and oxygen atoms in total. The predicted octanol–water partition coefficient (Wildman–Crippen LogP) is 1.53. The Kier molecular flexibility index (Phi) is 3.28. The molecule has 0 aliphatic heterocycles.